The topological polar surface area (TPSA) is 124 Å². The Morgan fingerprint density at radius 3 is 2.59 bits per heavy atom. The number of nitrogens with zero attached hydrogens (tertiary/aromatic N) is 6. The third kappa shape index (κ3) is 4.93. The summed E-state index contributed by atoms with van der Waals surface area (Å²) in [5.74, 6) is -0.622. The first-order chi connectivity index (χ1) is 19.3. The van der Waals surface area contributed by atoms with Gasteiger partial charge in [0.25, 0.3) is 0 Å². The molecule has 0 saturated heterocycles. The van der Waals surface area contributed by atoms with Crippen LogP contribution in [-0.4, -0.2) is 52.9 Å². The molecule has 2 N–H and O–H groups in total. The summed E-state index contributed by atoms with van der Waals surface area (Å²) < 4.78 is 56.8. The molecule has 0 aliphatic carbocycles. The van der Waals surface area contributed by atoms with Crippen molar-refractivity contribution in [2.75, 3.05) is 6.54 Å². The molecule has 0 radical (unpaired) electrons. The van der Waals surface area contributed by atoms with Crippen molar-refractivity contribution in [1.29, 1.82) is 5.26 Å². The van der Waals surface area contributed by atoms with Crippen molar-refractivity contribution in [3.05, 3.63) is 71.7 Å². The molecule has 4 heterocycles. The smallest absolute Gasteiger partial charge is 0.435 e. The van der Waals surface area contributed by atoms with Gasteiger partial charge in [-0.3, -0.25) is 4.98 Å². The molecule has 1 amide bonds. The highest BCUT2D eigenvalue weighted by atomic mass is 19.4. The number of aromatic nitrogens is 5. The Labute approximate surface area is 230 Å². The largest absolute Gasteiger partial charge is 0.465 e. The fourth-order valence-corrected chi connectivity index (χ4v) is 5.20. The molecule has 0 aliphatic heterocycles. The van der Waals surface area contributed by atoms with E-state index in [1.807, 2.05) is 6.07 Å². The molecular weight excluding hydrogens is 542 g/mol. The van der Waals surface area contributed by atoms with E-state index >= 15 is 4.39 Å². The first kappa shape index (κ1) is 27.6. The van der Waals surface area contributed by atoms with E-state index in [-0.39, 0.29) is 29.9 Å². The molecule has 9 nitrogen and oxygen atoms in total. The Kier molecular flexibility index (Phi) is 6.65. The number of carboxylic acid groups (broad SMARTS) is 1. The number of fused-ring (bicyclic) bond motifs is 3. The third-order valence-corrected chi connectivity index (χ3v) is 6.94. The number of benzene rings is 1. The minimum Gasteiger partial charge on any atom is -0.465 e. The molecule has 0 aliphatic rings. The number of hydrogen-bond donors (Lipinski definition) is 2. The van der Waals surface area contributed by atoms with Crippen LogP contribution >= 0.6 is 0 Å². The van der Waals surface area contributed by atoms with Gasteiger partial charge in [0.05, 0.1) is 22.2 Å². The standard InChI is InChI=1S/C28H23F4N7O2/c1-4-38(26(40)41)27(2,3)10-16-8-18(29)9-19-22-24(39-6-5-21(37-39)28(30,31)32)20(14-35-25(22)36-23(16)19)17-7-15(11-33)12-34-13-17/h5-9,12-14H,4,10H2,1-3H3,(H,35,36)(H,40,41). The van der Waals surface area contributed by atoms with Gasteiger partial charge >= 0.3 is 12.3 Å². The summed E-state index contributed by atoms with van der Waals surface area (Å²) in [6.07, 6.45) is -0.347. The van der Waals surface area contributed by atoms with Crippen LogP contribution in [0.25, 0.3) is 38.8 Å². The zero-order valence-electron chi connectivity index (χ0n) is 22.1. The van der Waals surface area contributed by atoms with Crippen LogP contribution in [0.3, 0.4) is 0 Å². The van der Waals surface area contributed by atoms with Crippen molar-refractivity contribution in [2.45, 2.75) is 38.9 Å². The molecule has 5 rings (SSSR count). The highest BCUT2D eigenvalue weighted by Gasteiger charge is 2.35. The SMILES string of the molecule is CCN(C(=O)O)C(C)(C)Cc1cc(F)cc2c1[nH]c1ncc(-c3cncc(C#N)c3)c(-n3ccc(C(F)(F)F)n3)c12. The van der Waals surface area contributed by atoms with Gasteiger partial charge in [0.2, 0.25) is 0 Å². The molecular formula is C28H23F4N7O2. The average molecular weight is 566 g/mol. The lowest BCUT2D eigenvalue weighted by molar-refractivity contribution is -0.141. The monoisotopic (exact) mass is 565 g/mol. The zero-order chi connectivity index (χ0) is 29.7. The van der Waals surface area contributed by atoms with Crippen LogP contribution < -0.4 is 0 Å². The van der Waals surface area contributed by atoms with Gasteiger partial charge in [-0.05, 0) is 57.0 Å². The first-order valence-corrected chi connectivity index (χ1v) is 12.5. The lowest BCUT2D eigenvalue weighted by atomic mass is 9.91. The van der Waals surface area contributed by atoms with Crippen molar-refractivity contribution in [2.24, 2.45) is 0 Å². The van der Waals surface area contributed by atoms with Crippen LogP contribution in [0.4, 0.5) is 22.4 Å². The van der Waals surface area contributed by atoms with Crippen molar-refractivity contribution >= 4 is 28.0 Å². The van der Waals surface area contributed by atoms with Gasteiger partial charge in [-0.2, -0.15) is 23.5 Å². The number of H-pyrrole nitrogens is 1. The molecule has 4 aromatic heterocycles. The maximum absolute atomic E-state index is 15.2. The Bertz CT molecular complexity index is 1850. The number of halogens is 4. The van der Waals surface area contributed by atoms with Crippen LogP contribution in [0, 0.1) is 17.1 Å². The molecule has 0 bridgehead atoms. The van der Waals surface area contributed by atoms with E-state index in [0.29, 0.717) is 33.0 Å². The number of carbonyl (C=O) groups is 1. The van der Waals surface area contributed by atoms with Gasteiger partial charge in [-0.25, -0.2) is 18.9 Å². The number of rotatable bonds is 6. The molecule has 0 unspecified atom stereocenters. The predicted molar refractivity (Wildman–Crippen MR) is 142 cm³/mol. The van der Waals surface area contributed by atoms with Crippen molar-refractivity contribution in [3.63, 3.8) is 0 Å². The van der Waals surface area contributed by atoms with Gasteiger partial charge in [0, 0.05) is 53.4 Å². The summed E-state index contributed by atoms with van der Waals surface area (Å²) >= 11 is 0. The number of pyridine rings is 2. The second-order valence-electron chi connectivity index (χ2n) is 10.1. The van der Waals surface area contributed by atoms with E-state index < -0.39 is 29.3 Å². The molecule has 0 atom stereocenters. The Balaban J connectivity index is 1.82. The summed E-state index contributed by atoms with van der Waals surface area (Å²) in [7, 11) is 0. The number of aromatic amines is 1. The van der Waals surface area contributed by atoms with E-state index in [4.69, 9.17) is 0 Å². The van der Waals surface area contributed by atoms with E-state index in [0.717, 1.165) is 16.9 Å². The van der Waals surface area contributed by atoms with E-state index in [1.165, 1.54) is 41.7 Å². The highest BCUT2D eigenvalue weighted by molar-refractivity contribution is 6.13. The fourth-order valence-electron chi connectivity index (χ4n) is 5.20. The predicted octanol–water partition coefficient (Wildman–Crippen LogP) is 6.31. The maximum atomic E-state index is 15.2. The van der Waals surface area contributed by atoms with E-state index in [2.05, 4.69) is 20.1 Å². The number of alkyl halides is 3. The number of likely N-dealkylation sites (N-methyl/N-ethyl adjacent to an activating group) is 1. The second kappa shape index (κ2) is 9.88. The second-order valence-corrected chi connectivity index (χ2v) is 10.1. The Hall–Kier alpha value is -4.99. The quantitative estimate of drug-likeness (QED) is 0.233. The van der Waals surface area contributed by atoms with Crippen molar-refractivity contribution < 1.29 is 27.5 Å². The molecule has 0 fully saturated rings. The van der Waals surface area contributed by atoms with Gasteiger partial charge in [0.1, 0.15) is 17.5 Å². The van der Waals surface area contributed by atoms with Gasteiger partial charge in [-0.1, -0.05) is 0 Å². The fraction of sp³-hybridized carbons (Fsp3) is 0.250. The van der Waals surface area contributed by atoms with Crippen LogP contribution in [0.2, 0.25) is 0 Å². The van der Waals surface area contributed by atoms with Crippen LogP contribution in [-0.2, 0) is 12.6 Å². The van der Waals surface area contributed by atoms with Crippen molar-refractivity contribution in [3.8, 4) is 22.9 Å². The molecule has 5 aromatic rings. The minimum atomic E-state index is -4.71. The number of nitrogens with one attached hydrogen (secondary N) is 1. The summed E-state index contributed by atoms with van der Waals surface area (Å²) in [4.78, 5) is 24.8. The zero-order valence-corrected chi connectivity index (χ0v) is 22.1. The molecule has 210 valence electrons. The summed E-state index contributed by atoms with van der Waals surface area (Å²) in [5.41, 5.74) is 0.213. The Morgan fingerprint density at radius 1 is 1.20 bits per heavy atom. The summed E-state index contributed by atoms with van der Waals surface area (Å²) in [6, 6.07) is 6.87. The van der Waals surface area contributed by atoms with E-state index in [1.54, 1.807) is 20.8 Å². The molecule has 41 heavy (non-hydrogen) atoms. The van der Waals surface area contributed by atoms with Crippen LogP contribution in [0.15, 0.2) is 49.1 Å². The van der Waals surface area contributed by atoms with Crippen LogP contribution in [0.1, 0.15) is 37.6 Å². The normalized spacial score (nSPS) is 12.1. The van der Waals surface area contributed by atoms with Gasteiger partial charge < -0.3 is 15.0 Å². The lowest BCUT2D eigenvalue weighted by Gasteiger charge is -2.36. The maximum Gasteiger partial charge on any atom is 0.435 e. The summed E-state index contributed by atoms with van der Waals surface area (Å²) in [6.45, 7) is 5.36. The molecule has 1 aromatic carbocycles. The van der Waals surface area contributed by atoms with E-state index in [9.17, 15) is 28.3 Å². The lowest BCUT2D eigenvalue weighted by Crippen LogP contribution is -2.48. The number of hydrogen-bond acceptors (Lipinski definition) is 5. The first-order valence-electron chi connectivity index (χ1n) is 12.5. The average Bonchev–Trinajstić information content (AvgIpc) is 3.54. The third-order valence-electron chi connectivity index (χ3n) is 6.94. The molecule has 0 saturated carbocycles. The molecule has 13 heteroatoms. The highest BCUT2D eigenvalue weighted by Crippen LogP contribution is 2.39. The number of nitriles is 1. The number of amides is 1. The summed E-state index contributed by atoms with van der Waals surface area (Å²) in [5, 5.41) is 23.5. The van der Waals surface area contributed by atoms with Crippen LogP contribution in [0.5, 0.6) is 0 Å². The van der Waals surface area contributed by atoms with Gasteiger partial charge in [-0.15, -0.1) is 0 Å². The van der Waals surface area contributed by atoms with Gasteiger partial charge in [0.15, 0.2) is 5.69 Å². The molecule has 0 spiro atoms. The minimum absolute atomic E-state index is 0.130. The van der Waals surface area contributed by atoms with Crippen molar-refractivity contribution in [1.82, 2.24) is 29.6 Å². The Morgan fingerprint density at radius 2 is 1.95 bits per heavy atom.